The molecule has 0 aliphatic heterocycles. The molecule has 1 rings (SSSR count). The zero-order valence-corrected chi connectivity index (χ0v) is 10.1. The van der Waals surface area contributed by atoms with Crippen LogP contribution in [0.25, 0.3) is 0 Å². The van der Waals surface area contributed by atoms with Gasteiger partial charge in [0.1, 0.15) is 0 Å². The Morgan fingerprint density at radius 2 is 1.93 bits per heavy atom. The minimum atomic E-state index is -4.07. The summed E-state index contributed by atoms with van der Waals surface area (Å²) in [5.41, 5.74) is 0. The predicted octanol–water partition coefficient (Wildman–Crippen LogP) is 1.09. The average Bonchev–Trinajstić information content (AvgIpc) is 2.14. The summed E-state index contributed by atoms with van der Waals surface area (Å²) in [6.07, 6.45) is 6.17. The molecule has 1 N–H and O–H groups in total. The van der Waals surface area contributed by atoms with Gasteiger partial charge in [-0.1, -0.05) is 26.2 Å². The minimum Gasteiger partial charge on any atom is -0.748 e. The molecule has 5 heteroatoms. The van der Waals surface area contributed by atoms with Crippen LogP contribution in [-0.2, 0) is 10.1 Å². The maximum Gasteiger partial charge on any atom is 0.0949 e. The van der Waals surface area contributed by atoms with Crippen molar-refractivity contribution < 1.29 is 13.0 Å². The zero-order chi connectivity index (χ0) is 11.3. The molecule has 4 nitrogen and oxygen atoms in total. The minimum absolute atomic E-state index is 0.0885. The molecule has 1 aliphatic rings. The van der Waals surface area contributed by atoms with E-state index in [2.05, 4.69) is 5.32 Å². The Labute approximate surface area is 92.2 Å². The summed E-state index contributed by atoms with van der Waals surface area (Å²) < 4.78 is 31.5. The Balaban J connectivity index is 2.18. The second-order valence-corrected chi connectivity index (χ2v) is 6.02. The molecule has 90 valence electrons. The van der Waals surface area contributed by atoms with Gasteiger partial charge in [-0.2, -0.15) is 0 Å². The van der Waals surface area contributed by atoms with Gasteiger partial charge in [-0.25, -0.2) is 8.42 Å². The zero-order valence-electron chi connectivity index (χ0n) is 9.24. The lowest BCUT2D eigenvalue weighted by atomic mass is 9.95. The van der Waals surface area contributed by atoms with Crippen LogP contribution in [0.4, 0.5) is 0 Å². The Morgan fingerprint density at radius 3 is 2.47 bits per heavy atom. The van der Waals surface area contributed by atoms with Gasteiger partial charge < -0.3 is 9.87 Å². The number of rotatable bonds is 5. The first-order chi connectivity index (χ1) is 6.97. The van der Waals surface area contributed by atoms with Gasteiger partial charge >= 0.3 is 0 Å². The summed E-state index contributed by atoms with van der Waals surface area (Å²) in [5, 5.41) is 3.34. The highest BCUT2D eigenvalue weighted by Crippen LogP contribution is 2.17. The van der Waals surface area contributed by atoms with Crippen molar-refractivity contribution in [3.63, 3.8) is 0 Å². The highest BCUT2D eigenvalue weighted by molar-refractivity contribution is 7.85. The van der Waals surface area contributed by atoms with Crippen LogP contribution in [0.2, 0.25) is 0 Å². The highest BCUT2D eigenvalue weighted by atomic mass is 32.2. The van der Waals surface area contributed by atoms with Crippen LogP contribution in [0.1, 0.15) is 39.0 Å². The highest BCUT2D eigenvalue weighted by Gasteiger charge is 2.14. The van der Waals surface area contributed by atoms with E-state index in [4.69, 9.17) is 0 Å². The van der Waals surface area contributed by atoms with Crippen LogP contribution >= 0.6 is 0 Å². The van der Waals surface area contributed by atoms with Crippen molar-refractivity contribution >= 4 is 10.1 Å². The van der Waals surface area contributed by atoms with E-state index < -0.39 is 10.1 Å². The lowest BCUT2D eigenvalue weighted by Crippen LogP contribution is -2.35. The van der Waals surface area contributed by atoms with E-state index in [1.54, 1.807) is 6.92 Å². The van der Waals surface area contributed by atoms with Crippen molar-refractivity contribution in [2.24, 2.45) is 5.92 Å². The molecule has 0 heterocycles. The van der Waals surface area contributed by atoms with Crippen LogP contribution in [0.5, 0.6) is 0 Å². The molecule has 0 spiro atoms. The predicted molar refractivity (Wildman–Crippen MR) is 58.6 cm³/mol. The molecule has 0 saturated heterocycles. The molecule has 0 aromatic rings. The fourth-order valence-corrected chi connectivity index (χ4v) is 2.90. The van der Waals surface area contributed by atoms with Crippen molar-refractivity contribution in [1.29, 1.82) is 0 Å². The Hall–Kier alpha value is -0.130. The molecule has 15 heavy (non-hydrogen) atoms. The quantitative estimate of drug-likeness (QED) is 0.723. The van der Waals surface area contributed by atoms with Gasteiger partial charge in [-0.3, -0.25) is 0 Å². The third-order valence-electron chi connectivity index (χ3n) is 2.85. The van der Waals surface area contributed by atoms with E-state index in [-0.39, 0.29) is 11.7 Å². The Kier molecular flexibility index (Phi) is 5.02. The van der Waals surface area contributed by atoms with Crippen molar-refractivity contribution in [2.45, 2.75) is 45.1 Å². The number of hydrogen-bond donors (Lipinski definition) is 1. The molecule has 1 unspecified atom stereocenters. The summed E-state index contributed by atoms with van der Waals surface area (Å²) in [6.45, 7) is 2.43. The summed E-state index contributed by atoms with van der Waals surface area (Å²) in [7, 11) is -4.07. The van der Waals surface area contributed by atoms with Gasteiger partial charge in [0.15, 0.2) is 0 Å². The lowest BCUT2D eigenvalue weighted by molar-refractivity contribution is 0.355. The van der Waals surface area contributed by atoms with Crippen molar-refractivity contribution in [3.05, 3.63) is 0 Å². The van der Waals surface area contributed by atoms with Gasteiger partial charge in [0, 0.05) is 11.8 Å². The van der Waals surface area contributed by atoms with Gasteiger partial charge in [0.05, 0.1) is 10.1 Å². The standard InChI is InChI=1S/C10H21NO3S/c1-9(8-15(12,13)14)7-11-10-5-3-2-4-6-10/h9-11H,2-8H2,1H3,(H,12,13,14)/p-1. The molecule has 1 fully saturated rings. The molecule has 1 atom stereocenters. The molecule has 0 aromatic heterocycles. The third-order valence-corrected chi connectivity index (χ3v) is 3.83. The normalized spacial score (nSPS) is 21.5. The summed E-state index contributed by atoms with van der Waals surface area (Å²) in [5.74, 6) is -0.346. The molecular weight excluding hydrogens is 214 g/mol. The fourth-order valence-electron chi connectivity index (χ4n) is 2.08. The van der Waals surface area contributed by atoms with E-state index in [0.717, 1.165) is 0 Å². The molecule has 0 aromatic carbocycles. The van der Waals surface area contributed by atoms with Gasteiger partial charge in [0.25, 0.3) is 0 Å². The fraction of sp³-hybridized carbons (Fsp3) is 1.00. The van der Waals surface area contributed by atoms with E-state index in [1.165, 1.54) is 32.1 Å². The second-order valence-electron chi connectivity index (χ2n) is 4.57. The van der Waals surface area contributed by atoms with Crippen LogP contribution in [0.3, 0.4) is 0 Å². The molecular formula is C10H20NO3S-. The van der Waals surface area contributed by atoms with Crippen molar-refractivity contribution in [3.8, 4) is 0 Å². The topological polar surface area (TPSA) is 69.2 Å². The van der Waals surface area contributed by atoms with Crippen LogP contribution < -0.4 is 5.32 Å². The molecule has 0 bridgehead atoms. The SMILES string of the molecule is CC(CNC1CCCCC1)CS(=O)(=O)[O-]. The van der Waals surface area contributed by atoms with Crippen molar-refractivity contribution in [2.75, 3.05) is 12.3 Å². The second kappa shape index (κ2) is 5.82. The largest absolute Gasteiger partial charge is 0.748 e. The van der Waals surface area contributed by atoms with E-state index in [9.17, 15) is 13.0 Å². The average molecular weight is 234 g/mol. The van der Waals surface area contributed by atoms with E-state index in [0.29, 0.717) is 12.6 Å². The third kappa shape index (κ3) is 6.12. The van der Waals surface area contributed by atoms with Crippen molar-refractivity contribution in [1.82, 2.24) is 5.32 Å². The maximum absolute atomic E-state index is 10.5. The molecule has 0 amide bonds. The summed E-state index contributed by atoms with van der Waals surface area (Å²) in [6, 6.07) is 0.524. The Bertz CT molecular complexity index is 270. The monoisotopic (exact) mass is 234 g/mol. The number of nitrogens with one attached hydrogen (secondary N) is 1. The first kappa shape index (κ1) is 12.9. The molecule has 1 saturated carbocycles. The lowest BCUT2D eigenvalue weighted by Gasteiger charge is -2.25. The van der Waals surface area contributed by atoms with Crippen LogP contribution in [-0.4, -0.2) is 31.3 Å². The van der Waals surface area contributed by atoms with Gasteiger partial charge in [-0.15, -0.1) is 0 Å². The van der Waals surface area contributed by atoms with E-state index in [1.807, 2.05) is 0 Å². The van der Waals surface area contributed by atoms with E-state index >= 15 is 0 Å². The van der Waals surface area contributed by atoms with Crippen LogP contribution in [0.15, 0.2) is 0 Å². The summed E-state index contributed by atoms with van der Waals surface area (Å²) >= 11 is 0. The molecule has 0 radical (unpaired) electrons. The van der Waals surface area contributed by atoms with Gasteiger partial charge in [-0.05, 0) is 25.3 Å². The summed E-state index contributed by atoms with van der Waals surface area (Å²) in [4.78, 5) is 0. The Morgan fingerprint density at radius 1 is 1.33 bits per heavy atom. The molecule has 1 aliphatic carbocycles. The first-order valence-electron chi connectivity index (χ1n) is 5.64. The van der Waals surface area contributed by atoms with Crippen LogP contribution in [0, 0.1) is 5.92 Å². The number of hydrogen-bond acceptors (Lipinski definition) is 4. The maximum atomic E-state index is 10.5. The first-order valence-corrected chi connectivity index (χ1v) is 7.22. The van der Waals surface area contributed by atoms with Gasteiger partial charge in [0.2, 0.25) is 0 Å². The smallest absolute Gasteiger partial charge is 0.0949 e.